The fraction of sp³-hybridized carbons (Fsp3) is 0.286. The SMILES string of the molecule is Cn1ccc(CCNC(=O)c2cc3c(cc2N)OCO3)n1. The van der Waals surface area contributed by atoms with Crippen molar-refractivity contribution in [2.24, 2.45) is 7.05 Å². The minimum Gasteiger partial charge on any atom is -0.454 e. The lowest BCUT2D eigenvalue weighted by Crippen LogP contribution is -2.26. The molecule has 2 aromatic rings. The Hall–Kier alpha value is -2.70. The zero-order chi connectivity index (χ0) is 14.8. The molecule has 0 radical (unpaired) electrons. The molecule has 0 unspecified atom stereocenters. The number of anilines is 1. The lowest BCUT2D eigenvalue weighted by molar-refractivity contribution is 0.0954. The van der Waals surface area contributed by atoms with E-state index in [2.05, 4.69) is 10.4 Å². The van der Waals surface area contributed by atoms with Crippen LogP contribution in [-0.4, -0.2) is 29.0 Å². The first-order valence-corrected chi connectivity index (χ1v) is 6.59. The Bertz CT molecular complexity index is 681. The first-order valence-electron chi connectivity index (χ1n) is 6.59. The quantitative estimate of drug-likeness (QED) is 0.808. The molecule has 3 rings (SSSR count). The van der Waals surface area contributed by atoms with Gasteiger partial charge in [-0.25, -0.2) is 0 Å². The highest BCUT2D eigenvalue weighted by Gasteiger charge is 2.19. The highest BCUT2D eigenvalue weighted by atomic mass is 16.7. The third-order valence-electron chi connectivity index (χ3n) is 3.22. The minimum absolute atomic E-state index is 0.152. The number of nitrogen functional groups attached to an aromatic ring is 1. The van der Waals surface area contributed by atoms with Gasteiger partial charge in [0.25, 0.3) is 5.91 Å². The fourth-order valence-corrected chi connectivity index (χ4v) is 2.15. The highest BCUT2D eigenvalue weighted by molar-refractivity contribution is 6.00. The maximum Gasteiger partial charge on any atom is 0.253 e. The summed E-state index contributed by atoms with van der Waals surface area (Å²) in [5, 5.41) is 7.07. The highest BCUT2D eigenvalue weighted by Crippen LogP contribution is 2.35. The Morgan fingerprint density at radius 1 is 1.43 bits per heavy atom. The van der Waals surface area contributed by atoms with Gasteiger partial charge in [0.2, 0.25) is 6.79 Å². The van der Waals surface area contributed by atoms with E-state index >= 15 is 0 Å². The monoisotopic (exact) mass is 288 g/mol. The molecular weight excluding hydrogens is 272 g/mol. The van der Waals surface area contributed by atoms with Crippen molar-refractivity contribution in [3.05, 3.63) is 35.7 Å². The largest absolute Gasteiger partial charge is 0.454 e. The van der Waals surface area contributed by atoms with Gasteiger partial charge in [-0.15, -0.1) is 0 Å². The number of aromatic nitrogens is 2. The summed E-state index contributed by atoms with van der Waals surface area (Å²) in [5.74, 6) is 0.873. The summed E-state index contributed by atoms with van der Waals surface area (Å²) in [4.78, 5) is 12.1. The van der Waals surface area contributed by atoms with Gasteiger partial charge in [-0.1, -0.05) is 0 Å². The molecule has 0 fully saturated rings. The number of nitrogens with zero attached hydrogens (tertiary/aromatic N) is 2. The van der Waals surface area contributed by atoms with Crippen molar-refractivity contribution in [2.45, 2.75) is 6.42 Å². The molecule has 0 atom stereocenters. The molecular formula is C14H16N4O3. The first-order chi connectivity index (χ1) is 10.1. The molecule has 1 aliphatic heterocycles. The van der Waals surface area contributed by atoms with Crippen LogP contribution < -0.4 is 20.5 Å². The number of aryl methyl sites for hydroxylation is 1. The molecule has 110 valence electrons. The molecule has 1 amide bonds. The summed E-state index contributed by atoms with van der Waals surface area (Å²) in [6.45, 7) is 0.642. The van der Waals surface area contributed by atoms with Gasteiger partial charge >= 0.3 is 0 Å². The van der Waals surface area contributed by atoms with E-state index in [0.29, 0.717) is 35.7 Å². The second-order valence-electron chi connectivity index (χ2n) is 4.78. The van der Waals surface area contributed by atoms with E-state index < -0.39 is 0 Å². The topological polar surface area (TPSA) is 91.4 Å². The molecule has 0 aliphatic carbocycles. The summed E-state index contributed by atoms with van der Waals surface area (Å²) < 4.78 is 12.2. The van der Waals surface area contributed by atoms with Crippen LogP contribution in [0.25, 0.3) is 0 Å². The Labute approximate surface area is 121 Å². The van der Waals surface area contributed by atoms with Crippen molar-refractivity contribution in [2.75, 3.05) is 19.1 Å². The molecule has 7 heteroatoms. The molecule has 7 nitrogen and oxygen atoms in total. The van der Waals surface area contributed by atoms with Gasteiger partial charge in [0.1, 0.15) is 0 Å². The van der Waals surface area contributed by atoms with Gasteiger partial charge in [0, 0.05) is 38.0 Å². The van der Waals surface area contributed by atoms with Gasteiger partial charge in [-0.2, -0.15) is 5.10 Å². The average Bonchev–Trinajstić information content (AvgIpc) is 3.06. The van der Waals surface area contributed by atoms with E-state index in [9.17, 15) is 4.79 Å². The number of ether oxygens (including phenoxy) is 2. The van der Waals surface area contributed by atoms with E-state index in [4.69, 9.17) is 15.2 Å². The number of amides is 1. The van der Waals surface area contributed by atoms with Gasteiger partial charge in [0.05, 0.1) is 11.3 Å². The Balaban J connectivity index is 1.63. The van der Waals surface area contributed by atoms with Crippen LogP contribution in [-0.2, 0) is 13.5 Å². The summed E-state index contributed by atoms with van der Waals surface area (Å²) >= 11 is 0. The minimum atomic E-state index is -0.235. The van der Waals surface area contributed by atoms with Gasteiger partial charge in [-0.3, -0.25) is 9.48 Å². The molecule has 0 saturated heterocycles. The second kappa shape index (κ2) is 5.35. The van der Waals surface area contributed by atoms with Crippen molar-refractivity contribution in [3.8, 4) is 11.5 Å². The molecule has 3 N–H and O–H groups in total. The number of fused-ring (bicyclic) bond motifs is 1. The number of nitrogens with one attached hydrogen (secondary N) is 1. The number of carbonyl (C=O) groups excluding carboxylic acids is 1. The zero-order valence-corrected chi connectivity index (χ0v) is 11.6. The van der Waals surface area contributed by atoms with Crippen LogP contribution in [0.2, 0.25) is 0 Å². The summed E-state index contributed by atoms with van der Waals surface area (Å²) in [6.07, 6.45) is 2.53. The van der Waals surface area contributed by atoms with E-state index in [0.717, 1.165) is 5.69 Å². The first kappa shape index (κ1) is 13.3. The number of hydrogen-bond donors (Lipinski definition) is 2. The van der Waals surface area contributed by atoms with Crippen molar-refractivity contribution in [1.82, 2.24) is 15.1 Å². The van der Waals surface area contributed by atoms with Crippen LogP contribution >= 0.6 is 0 Å². The smallest absolute Gasteiger partial charge is 0.253 e. The normalized spacial score (nSPS) is 12.4. The molecule has 2 heterocycles. The third-order valence-corrected chi connectivity index (χ3v) is 3.22. The Morgan fingerprint density at radius 3 is 2.90 bits per heavy atom. The summed E-state index contributed by atoms with van der Waals surface area (Å²) in [5.41, 5.74) is 7.56. The molecule has 0 saturated carbocycles. The maximum atomic E-state index is 12.1. The van der Waals surface area contributed by atoms with E-state index in [-0.39, 0.29) is 12.7 Å². The van der Waals surface area contributed by atoms with Crippen LogP contribution in [0.15, 0.2) is 24.4 Å². The van der Waals surface area contributed by atoms with E-state index in [1.54, 1.807) is 16.8 Å². The fourth-order valence-electron chi connectivity index (χ4n) is 2.15. The second-order valence-corrected chi connectivity index (χ2v) is 4.78. The zero-order valence-electron chi connectivity index (χ0n) is 11.6. The van der Waals surface area contributed by atoms with Crippen molar-refractivity contribution in [1.29, 1.82) is 0 Å². The molecule has 1 aromatic carbocycles. The van der Waals surface area contributed by atoms with Crippen molar-refractivity contribution in [3.63, 3.8) is 0 Å². The van der Waals surface area contributed by atoms with Crippen LogP contribution in [0, 0.1) is 0 Å². The van der Waals surface area contributed by atoms with Gasteiger partial charge in [-0.05, 0) is 12.1 Å². The van der Waals surface area contributed by atoms with E-state index in [1.165, 1.54) is 0 Å². The molecule has 0 bridgehead atoms. The van der Waals surface area contributed by atoms with Gasteiger partial charge < -0.3 is 20.5 Å². The lowest BCUT2D eigenvalue weighted by atomic mass is 10.1. The Morgan fingerprint density at radius 2 is 2.19 bits per heavy atom. The number of carbonyl (C=O) groups is 1. The summed E-state index contributed by atoms with van der Waals surface area (Å²) in [6, 6.07) is 5.13. The van der Waals surface area contributed by atoms with Crippen molar-refractivity contribution < 1.29 is 14.3 Å². The number of nitrogens with two attached hydrogens (primary N) is 1. The predicted molar refractivity (Wildman–Crippen MR) is 76.2 cm³/mol. The van der Waals surface area contributed by atoms with Crippen LogP contribution in [0.3, 0.4) is 0 Å². The van der Waals surface area contributed by atoms with Crippen LogP contribution in [0.5, 0.6) is 11.5 Å². The molecule has 0 spiro atoms. The molecule has 21 heavy (non-hydrogen) atoms. The number of rotatable bonds is 4. The van der Waals surface area contributed by atoms with Crippen LogP contribution in [0.1, 0.15) is 16.1 Å². The molecule has 1 aliphatic rings. The van der Waals surface area contributed by atoms with E-state index in [1.807, 2.05) is 19.3 Å². The number of benzene rings is 1. The third kappa shape index (κ3) is 2.76. The lowest BCUT2D eigenvalue weighted by Gasteiger charge is -2.08. The molecule has 1 aromatic heterocycles. The van der Waals surface area contributed by atoms with Crippen LogP contribution in [0.4, 0.5) is 5.69 Å². The number of hydrogen-bond acceptors (Lipinski definition) is 5. The van der Waals surface area contributed by atoms with Crippen molar-refractivity contribution >= 4 is 11.6 Å². The maximum absolute atomic E-state index is 12.1. The van der Waals surface area contributed by atoms with Gasteiger partial charge in [0.15, 0.2) is 11.5 Å². The summed E-state index contributed by atoms with van der Waals surface area (Å²) in [7, 11) is 1.86. The Kier molecular flexibility index (Phi) is 3.39. The average molecular weight is 288 g/mol. The predicted octanol–water partition coefficient (Wildman–Crippen LogP) is 0.703. The standard InChI is InChI=1S/C14H16N4O3/c1-18-5-3-9(17-18)2-4-16-14(19)10-6-12-13(7-11(10)15)21-8-20-12/h3,5-7H,2,4,8,15H2,1H3,(H,16,19).